The second kappa shape index (κ2) is 7.53. The molecule has 3 rings (SSSR count). The summed E-state index contributed by atoms with van der Waals surface area (Å²) in [5.41, 5.74) is 4.51. The van der Waals surface area contributed by atoms with Gasteiger partial charge in [-0.1, -0.05) is 57.5 Å². The number of halogens is 1. The van der Waals surface area contributed by atoms with E-state index >= 15 is 0 Å². The molecular weight excluding hydrogens is 384 g/mol. The number of aliphatic imine (C=N–C) groups is 1. The molecule has 5 heteroatoms. The number of carbonyl (C=O) groups is 1. The van der Waals surface area contributed by atoms with Crippen LogP contribution in [0.5, 0.6) is 0 Å². The van der Waals surface area contributed by atoms with E-state index in [2.05, 4.69) is 53.0 Å². The number of amides is 1. The lowest BCUT2D eigenvalue weighted by Crippen LogP contribution is -2.32. The summed E-state index contributed by atoms with van der Waals surface area (Å²) in [7, 11) is 0. The van der Waals surface area contributed by atoms with Crippen molar-refractivity contribution < 1.29 is 4.79 Å². The molecule has 0 aliphatic carbocycles. The van der Waals surface area contributed by atoms with Gasteiger partial charge in [-0.25, -0.2) is 0 Å². The van der Waals surface area contributed by atoms with Gasteiger partial charge in [0, 0.05) is 22.3 Å². The van der Waals surface area contributed by atoms with E-state index in [4.69, 9.17) is 0 Å². The Balaban J connectivity index is 1.71. The van der Waals surface area contributed by atoms with Crippen LogP contribution in [0.25, 0.3) is 0 Å². The zero-order valence-corrected chi connectivity index (χ0v) is 16.2. The van der Waals surface area contributed by atoms with Crippen molar-refractivity contribution in [1.82, 2.24) is 4.90 Å². The normalized spacial score (nSPS) is 14.0. The first kappa shape index (κ1) is 17.2. The number of rotatable bonds is 3. The minimum atomic E-state index is 0.0148. The van der Waals surface area contributed by atoms with Gasteiger partial charge in [0.1, 0.15) is 0 Å². The summed E-state index contributed by atoms with van der Waals surface area (Å²) in [4.78, 5) is 19.1. The second-order valence-corrected chi connectivity index (χ2v) is 7.71. The molecule has 124 valence electrons. The Morgan fingerprint density at radius 1 is 1.25 bits per heavy atom. The highest BCUT2D eigenvalue weighted by Gasteiger charge is 2.25. The summed E-state index contributed by atoms with van der Waals surface area (Å²) < 4.78 is 0.911. The van der Waals surface area contributed by atoms with Crippen molar-refractivity contribution in [3.8, 4) is 0 Å². The Kier molecular flexibility index (Phi) is 5.41. The van der Waals surface area contributed by atoms with Crippen molar-refractivity contribution in [3.63, 3.8) is 0 Å². The zero-order valence-electron chi connectivity index (χ0n) is 13.8. The maximum atomic E-state index is 12.8. The summed E-state index contributed by atoms with van der Waals surface area (Å²) in [5.74, 6) is 0.843. The van der Waals surface area contributed by atoms with Gasteiger partial charge >= 0.3 is 0 Å². The van der Waals surface area contributed by atoms with Gasteiger partial charge in [0.2, 0.25) is 0 Å². The monoisotopic (exact) mass is 402 g/mol. The topological polar surface area (TPSA) is 32.7 Å². The largest absolute Gasteiger partial charge is 0.286 e. The van der Waals surface area contributed by atoms with Crippen molar-refractivity contribution in [3.05, 3.63) is 69.2 Å². The summed E-state index contributed by atoms with van der Waals surface area (Å²) >= 11 is 5.06. The molecule has 1 amide bonds. The molecule has 1 aliphatic rings. The van der Waals surface area contributed by atoms with Crippen LogP contribution in [0.4, 0.5) is 0 Å². The first-order valence-electron chi connectivity index (χ1n) is 7.85. The van der Waals surface area contributed by atoms with E-state index in [-0.39, 0.29) is 5.91 Å². The number of hydrogen-bond donors (Lipinski definition) is 0. The molecule has 0 aromatic heterocycles. The summed E-state index contributed by atoms with van der Waals surface area (Å²) in [6.45, 7) is 5.55. The predicted molar refractivity (Wildman–Crippen MR) is 105 cm³/mol. The molecule has 2 aromatic rings. The van der Waals surface area contributed by atoms with Crippen LogP contribution < -0.4 is 0 Å². The molecule has 0 bridgehead atoms. The number of carbonyl (C=O) groups excluding carboxylic acids is 1. The maximum absolute atomic E-state index is 12.8. The molecule has 0 saturated carbocycles. The Labute approximate surface area is 155 Å². The average Bonchev–Trinajstić information content (AvgIpc) is 3.03. The lowest BCUT2D eigenvalue weighted by atomic mass is 10.1. The number of nitrogens with zero attached hydrogens (tertiary/aromatic N) is 2. The van der Waals surface area contributed by atoms with Gasteiger partial charge in [0.05, 0.1) is 6.54 Å². The van der Waals surface area contributed by atoms with Gasteiger partial charge in [-0.3, -0.25) is 14.7 Å². The first-order valence-corrected chi connectivity index (χ1v) is 9.63. The van der Waals surface area contributed by atoms with Crippen molar-refractivity contribution in [2.24, 2.45) is 4.99 Å². The first-order chi connectivity index (χ1) is 11.5. The molecule has 1 heterocycles. The van der Waals surface area contributed by atoms with Gasteiger partial charge in [0.25, 0.3) is 5.91 Å². The average molecular weight is 403 g/mol. The van der Waals surface area contributed by atoms with Crippen LogP contribution in [0.3, 0.4) is 0 Å². The molecule has 1 aliphatic heterocycles. The highest BCUT2D eigenvalue weighted by Crippen LogP contribution is 2.24. The highest BCUT2D eigenvalue weighted by molar-refractivity contribution is 9.10. The Bertz CT molecular complexity index is 804. The quantitative estimate of drug-likeness (QED) is 0.737. The number of benzene rings is 2. The highest BCUT2D eigenvalue weighted by atomic mass is 79.9. The van der Waals surface area contributed by atoms with Crippen LogP contribution in [-0.4, -0.2) is 29.1 Å². The van der Waals surface area contributed by atoms with Gasteiger partial charge in [-0.05, 0) is 43.2 Å². The van der Waals surface area contributed by atoms with Crippen molar-refractivity contribution in [2.75, 3.05) is 13.1 Å². The van der Waals surface area contributed by atoms with Gasteiger partial charge in [0.15, 0.2) is 5.17 Å². The van der Waals surface area contributed by atoms with E-state index in [1.54, 1.807) is 16.7 Å². The Hall–Kier alpha value is -1.59. The molecule has 0 atom stereocenters. The molecule has 2 aromatic carbocycles. The number of aryl methyl sites for hydroxylation is 2. The van der Waals surface area contributed by atoms with E-state index in [0.717, 1.165) is 15.4 Å². The minimum absolute atomic E-state index is 0.0148. The van der Waals surface area contributed by atoms with Crippen LogP contribution in [0.2, 0.25) is 0 Å². The standard InChI is InChI=1S/C19H19BrN2OS/c1-13-6-7-14(2)16(10-13)12-24-19-21-8-9-22(19)18(23)15-4-3-5-17(20)11-15/h3-7,10-11H,8-9,12H2,1-2H3. The molecule has 0 radical (unpaired) electrons. The predicted octanol–water partition coefficient (Wildman–Crippen LogP) is 4.81. The molecule has 0 N–H and O–H groups in total. The molecular formula is C19H19BrN2OS. The van der Waals surface area contributed by atoms with E-state index in [1.807, 2.05) is 24.3 Å². The Morgan fingerprint density at radius 2 is 2.08 bits per heavy atom. The fourth-order valence-corrected chi connectivity index (χ4v) is 4.12. The van der Waals surface area contributed by atoms with E-state index in [9.17, 15) is 4.79 Å². The van der Waals surface area contributed by atoms with Gasteiger partial charge in [-0.2, -0.15) is 0 Å². The van der Waals surface area contributed by atoms with Gasteiger partial charge in [-0.15, -0.1) is 0 Å². The van der Waals surface area contributed by atoms with E-state index in [1.165, 1.54) is 16.7 Å². The minimum Gasteiger partial charge on any atom is -0.286 e. The fourth-order valence-electron chi connectivity index (χ4n) is 2.61. The molecule has 0 spiro atoms. The third kappa shape index (κ3) is 3.90. The molecule has 0 saturated heterocycles. The SMILES string of the molecule is Cc1ccc(C)c(CSC2=NCCN2C(=O)c2cccc(Br)c2)c1. The van der Waals surface area contributed by atoms with Gasteiger partial charge < -0.3 is 0 Å². The lowest BCUT2D eigenvalue weighted by molar-refractivity contribution is 0.0860. The van der Waals surface area contributed by atoms with Crippen molar-refractivity contribution in [1.29, 1.82) is 0 Å². The van der Waals surface area contributed by atoms with Crippen LogP contribution in [0, 0.1) is 13.8 Å². The molecule has 3 nitrogen and oxygen atoms in total. The molecule has 0 fully saturated rings. The lowest BCUT2D eigenvalue weighted by Gasteiger charge is -2.18. The van der Waals surface area contributed by atoms with E-state index < -0.39 is 0 Å². The maximum Gasteiger partial charge on any atom is 0.259 e. The fraction of sp³-hybridized carbons (Fsp3) is 0.263. The van der Waals surface area contributed by atoms with Crippen molar-refractivity contribution in [2.45, 2.75) is 19.6 Å². The number of thioether (sulfide) groups is 1. The Morgan fingerprint density at radius 3 is 2.88 bits per heavy atom. The smallest absolute Gasteiger partial charge is 0.259 e. The van der Waals surface area contributed by atoms with Crippen LogP contribution >= 0.6 is 27.7 Å². The van der Waals surface area contributed by atoms with Crippen LogP contribution in [-0.2, 0) is 5.75 Å². The summed E-state index contributed by atoms with van der Waals surface area (Å²) in [5, 5.41) is 0.820. The van der Waals surface area contributed by atoms with Crippen LogP contribution in [0.1, 0.15) is 27.0 Å². The number of hydrogen-bond acceptors (Lipinski definition) is 3. The van der Waals surface area contributed by atoms with E-state index in [0.29, 0.717) is 18.7 Å². The zero-order chi connectivity index (χ0) is 17.1. The number of amidine groups is 1. The third-order valence-electron chi connectivity index (χ3n) is 3.98. The molecule has 0 unspecified atom stereocenters. The molecule has 24 heavy (non-hydrogen) atoms. The third-order valence-corrected chi connectivity index (χ3v) is 5.54. The second-order valence-electron chi connectivity index (χ2n) is 5.85. The summed E-state index contributed by atoms with van der Waals surface area (Å²) in [6.07, 6.45) is 0. The summed E-state index contributed by atoms with van der Waals surface area (Å²) in [6, 6.07) is 14.0. The van der Waals surface area contributed by atoms with Crippen molar-refractivity contribution >= 4 is 38.8 Å². The van der Waals surface area contributed by atoms with Crippen LogP contribution in [0.15, 0.2) is 51.9 Å².